The van der Waals surface area contributed by atoms with E-state index in [-0.39, 0.29) is 11.9 Å². The Hall–Kier alpha value is -1.87. The van der Waals surface area contributed by atoms with Gasteiger partial charge in [0.1, 0.15) is 5.76 Å². The summed E-state index contributed by atoms with van der Waals surface area (Å²) in [5.74, 6) is 1.77. The van der Waals surface area contributed by atoms with Crippen molar-refractivity contribution in [3.8, 4) is 6.07 Å². The van der Waals surface area contributed by atoms with Gasteiger partial charge in [0.05, 0.1) is 18.8 Å². The number of carbonyl (C=O) groups excluding carboxylic acids is 1. The van der Waals surface area contributed by atoms with Crippen LogP contribution in [0.4, 0.5) is 0 Å². The summed E-state index contributed by atoms with van der Waals surface area (Å²) in [7, 11) is 0. The highest BCUT2D eigenvalue weighted by molar-refractivity contribution is 5.73. The maximum absolute atomic E-state index is 12.0. The van der Waals surface area contributed by atoms with Crippen LogP contribution in [0.25, 0.3) is 0 Å². The number of nitriles is 1. The molecule has 22 heavy (non-hydrogen) atoms. The maximum atomic E-state index is 12.0. The fourth-order valence-electron chi connectivity index (χ4n) is 2.79. The molecule has 0 spiro atoms. The van der Waals surface area contributed by atoms with Crippen LogP contribution in [-0.4, -0.2) is 46.4 Å². The summed E-state index contributed by atoms with van der Waals surface area (Å²) in [6.45, 7) is 8.63. The van der Waals surface area contributed by atoms with Gasteiger partial charge in [0.25, 0.3) is 0 Å². The topological polar surface area (TPSA) is 73.4 Å². The van der Waals surface area contributed by atoms with Gasteiger partial charge in [0, 0.05) is 44.9 Å². The van der Waals surface area contributed by atoms with Crippen molar-refractivity contribution in [1.29, 1.82) is 5.26 Å². The number of aromatic nitrogens is 1. The van der Waals surface area contributed by atoms with Gasteiger partial charge in [-0.3, -0.25) is 4.79 Å². The summed E-state index contributed by atoms with van der Waals surface area (Å²) < 4.78 is 5.72. The third-order valence-corrected chi connectivity index (χ3v) is 4.08. The average Bonchev–Trinajstić information content (AvgIpc) is 3.11. The molecule has 6 nitrogen and oxygen atoms in total. The van der Waals surface area contributed by atoms with Crippen LogP contribution in [0.15, 0.2) is 10.6 Å². The summed E-state index contributed by atoms with van der Waals surface area (Å²) in [6.07, 6.45) is 3.21. The lowest BCUT2D eigenvalue weighted by Crippen LogP contribution is -2.40. The van der Waals surface area contributed by atoms with E-state index in [1.807, 2.05) is 4.90 Å². The van der Waals surface area contributed by atoms with Crippen molar-refractivity contribution in [2.24, 2.45) is 0 Å². The van der Waals surface area contributed by atoms with Crippen LogP contribution in [0.2, 0.25) is 0 Å². The van der Waals surface area contributed by atoms with Crippen molar-refractivity contribution in [3.05, 3.63) is 17.8 Å². The monoisotopic (exact) mass is 304 g/mol. The summed E-state index contributed by atoms with van der Waals surface area (Å²) >= 11 is 0. The van der Waals surface area contributed by atoms with E-state index in [2.05, 4.69) is 29.8 Å². The summed E-state index contributed by atoms with van der Waals surface area (Å²) in [5.41, 5.74) is 0. The molecule has 0 aromatic carbocycles. The van der Waals surface area contributed by atoms with Crippen LogP contribution < -0.4 is 0 Å². The molecule has 6 heteroatoms. The summed E-state index contributed by atoms with van der Waals surface area (Å²) in [5, 5.41) is 8.67. The number of nitrogens with zero attached hydrogens (tertiary/aromatic N) is 4. The molecule has 0 bridgehead atoms. The van der Waals surface area contributed by atoms with Gasteiger partial charge >= 0.3 is 0 Å². The molecule has 1 atom stereocenters. The second kappa shape index (κ2) is 7.41. The fourth-order valence-corrected chi connectivity index (χ4v) is 2.79. The third-order valence-electron chi connectivity index (χ3n) is 4.08. The number of amides is 1. The number of oxazole rings is 1. The maximum Gasteiger partial charge on any atom is 0.220 e. The second-order valence-corrected chi connectivity index (χ2v) is 6.11. The van der Waals surface area contributed by atoms with Crippen molar-refractivity contribution in [1.82, 2.24) is 14.8 Å². The van der Waals surface area contributed by atoms with Gasteiger partial charge in [-0.1, -0.05) is 13.8 Å². The van der Waals surface area contributed by atoms with Gasteiger partial charge < -0.3 is 14.2 Å². The first kappa shape index (κ1) is 16.5. The number of likely N-dealkylation sites (tertiary alicyclic amines) is 1. The van der Waals surface area contributed by atoms with E-state index in [1.54, 1.807) is 13.1 Å². The Kier molecular flexibility index (Phi) is 5.56. The lowest BCUT2D eigenvalue weighted by molar-refractivity contribution is -0.132. The molecule has 0 N–H and O–H groups in total. The minimum atomic E-state index is 0.0384. The standard InChI is InChI=1S/C16H24N4O2/c1-12(2)15-9-18-16(22-15)11-20(13(3)21)14-5-8-19(10-14)7-4-6-17/h9,12,14H,4-5,7-8,10-11H2,1-3H3/t14-/m0/s1. The van der Waals surface area contributed by atoms with Crippen LogP contribution >= 0.6 is 0 Å². The zero-order valence-electron chi connectivity index (χ0n) is 13.6. The normalized spacial score (nSPS) is 18.6. The molecule has 2 heterocycles. The van der Waals surface area contributed by atoms with Gasteiger partial charge in [-0.05, 0) is 6.42 Å². The number of hydrogen-bond donors (Lipinski definition) is 0. The minimum absolute atomic E-state index is 0.0384. The Bertz CT molecular complexity index is 547. The van der Waals surface area contributed by atoms with Crippen LogP contribution in [-0.2, 0) is 11.3 Å². The molecule has 1 aliphatic rings. The first-order valence-corrected chi connectivity index (χ1v) is 7.82. The van der Waals surface area contributed by atoms with Crippen molar-refractivity contribution < 1.29 is 9.21 Å². The van der Waals surface area contributed by atoms with Gasteiger partial charge in [-0.15, -0.1) is 0 Å². The third kappa shape index (κ3) is 4.08. The summed E-state index contributed by atoms with van der Waals surface area (Å²) in [4.78, 5) is 20.3. The molecule has 1 amide bonds. The molecule has 0 saturated carbocycles. The van der Waals surface area contributed by atoms with Crippen molar-refractivity contribution in [3.63, 3.8) is 0 Å². The van der Waals surface area contributed by atoms with E-state index < -0.39 is 0 Å². The van der Waals surface area contributed by atoms with Crippen LogP contribution in [0, 0.1) is 11.3 Å². The molecule has 1 aromatic heterocycles. The number of rotatable bonds is 6. The molecule has 120 valence electrons. The number of carbonyl (C=O) groups is 1. The zero-order valence-corrected chi connectivity index (χ0v) is 13.6. The predicted molar refractivity (Wildman–Crippen MR) is 81.9 cm³/mol. The van der Waals surface area contributed by atoms with Crippen LogP contribution in [0.3, 0.4) is 0 Å². The van der Waals surface area contributed by atoms with E-state index in [0.29, 0.717) is 24.8 Å². The Morgan fingerprint density at radius 2 is 2.41 bits per heavy atom. The predicted octanol–water partition coefficient (Wildman–Crippen LogP) is 2.13. The second-order valence-electron chi connectivity index (χ2n) is 6.11. The molecular weight excluding hydrogens is 280 g/mol. The smallest absolute Gasteiger partial charge is 0.220 e. The van der Waals surface area contributed by atoms with Crippen molar-refractivity contribution >= 4 is 5.91 Å². The largest absolute Gasteiger partial charge is 0.444 e. The Morgan fingerprint density at radius 3 is 3.00 bits per heavy atom. The van der Waals surface area contributed by atoms with Crippen LogP contribution in [0.5, 0.6) is 0 Å². The minimum Gasteiger partial charge on any atom is -0.444 e. The molecule has 2 rings (SSSR count). The molecule has 1 aliphatic heterocycles. The van der Waals surface area contributed by atoms with E-state index in [1.165, 1.54) is 0 Å². The molecule has 0 radical (unpaired) electrons. The van der Waals surface area contributed by atoms with Gasteiger partial charge in [-0.2, -0.15) is 5.26 Å². The Labute approximate surface area is 131 Å². The molecule has 0 unspecified atom stereocenters. The van der Waals surface area contributed by atoms with Gasteiger partial charge in [0.15, 0.2) is 0 Å². The van der Waals surface area contributed by atoms with Crippen molar-refractivity contribution in [2.75, 3.05) is 19.6 Å². The zero-order chi connectivity index (χ0) is 16.1. The highest BCUT2D eigenvalue weighted by Gasteiger charge is 2.30. The van der Waals surface area contributed by atoms with E-state index >= 15 is 0 Å². The number of hydrogen-bond acceptors (Lipinski definition) is 5. The summed E-state index contributed by atoms with van der Waals surface area (Å²) in [6, 6.07) is 2.34. The van der Waals surface area contributed by atoms with Crippen LogP contribution in [0.1, 0.15) is 51.2 Å². The highest BCUT2D eigenvalue weighted by Crippen LogP contribution is 2.20. The van der Waals surface area contributed by atoms with E-state index in [4.69, 9.17) is 9.68 Å². The van der Waals surface area contributed by atoms with E-state index in [9.17, 15) is 4.79 Å². The first-order chi connectivity index (χ1) is 10.5. The highest BCUT2D eigenvalue weighted by atomic mass is 16.4. The lowest BCUT2D eigenvalue weighted by Gasteiger charge is -2.26. The van der Waals surface area contributed by atoms with Gasteiger partial charge in [0.2, 0.25) is 11.8 Å². The van der Waals surface area contributed by atoms with Crippen molar-refractivity contribution in [2.45, 2.75) is 52.1 Å². The van der Waals surface area contributed by atoms with Gasteiger partial charge in [-0.25, -0.2) is 4.98 Å². The first-order valence-electron chi connectivity index (χ1n) is 7.82. The Balaban J connectivity index is 1.98. The molecular formula is C16H24N4O2. The SMILES string of the molecule is CC(=O)N(Cc1ncc(C(C)C)o1)[C@H]1CCN(CCC#N)C1. The molecule has 1 saturated heterocycles. The lowest BCUT2D eigenvalue weighted by atomic mass is 10.2. The molecule has 1 aromatic rings. The fraction of sp³-hybridized carbons (Fsp3) is 0.688. The molecule has 0 aliphatic carbocycles. The average molecular weight is 304 g/mol. The quantitative estimate of drug-likeness (QED) is 0.805. The molecule has 1 fully saturated rings. The Morgan fingerprint density at radius 1 is 1.64 bits per heavy atom. The van der Waals surface area contributed by atoms with E-state index in [0.717, 1.165) is 31.8 Å².